The summed E-state index contributed by atoms with van der Waals surface area (Å²) in [5, 5.41) is 7.22. The third kappa shape index (κ3) is 2.09. The van der Waals surface area contributed by atoms with Gasteiger partial charge in [-0.1, -0.05) is 5.10 Å². The summed E-state index contributed by atoms with van der Waals surface area (Å²) in [4.78, 5) is 0. The Morgan fingerprint density at radius 2 is 2.08 bits per heavy atom. The van der Waals surface area contributed by atoms with Crippen molar-refractivity contribution in [2.24, 2.45) is 0 Å². The van der Waals surface area contributed by atoms with Gasteiger partial charge in [-0.05, 0) is 31.9 Å². The summed E-state index contributed by atoms with van der Waals surface area (Å²) >= 11 is 9.02. The molecule has 0 bridgehead atoms. The lowest BCUT2D eigenvalue weighted by Crippen LogP contribution is -1.96. The van der Waals surface area contributed by atoms with E-state index in [4.69, 9.17) is 4.42 Å². The van der Waals surface area contributed by atoms with Crippen molar-refractivity contribution in [3.05, 3.63) is 5.89 Å². The van der Waals surface area contributed by atoms with E-state index in [2.05, 4.69) is 56.9 Å². The second kappa shape index (κ2) is 3.77. The number of aryl methyl sites for hydroxylation is 1. The van der Waals surface area contributed by atoms with E-state index in [1.54, 1.807) is 6.92 Å². The van der Waals surface area contributed by atoms with E-state index in [1.165, 1.54) is 0 Å². The Hall–Kier alpha value is 0.600. The SMILES string of the molecule is Cc1nnc(S(=O)(Br)=C(Br)Br)o1. The van der Waals surface area contributed by atoms with Gasteiger partial charge in [-0.2, -0.15) is 0 Å². The highest BCUT2D eigenvalue weighted by Gasteiger charge is 2.17. The van der Waals surface area contributed by atoms with Crippen LogP contribution in [0.4, 0.5) is 0 Å². The fraction of sp³-hybridized carbons (Fsp3) is 0.250. The van der Waals surface area contributed by atoms with Crippen LogP contribution in [0, 0.1) is 6.92 Å². The first kappa shape index (κ1) is 10.7. The van der Waals surface area contributed by atoms with Crippen molar-refractivity contribution < 1.29 is 8.63 Å². The number of aromatic nitrogens is 2. The minimum Gasteiger partial charge on any atom is -0.414 e. The molecule has 4 nitrogen and oxygen atoms in total. The normalized spacial score (nSPS) is 15.7. The van der Waals surface area contributed by atoms with Crippen molar-refractivity contribution >= 4 is 57.3 Å². The molecule has 68 valence electrons. The quantitative estimate of drug-likeness (QED) is 0.552. The van der Waals surface area contributed by atoms with Crippen LogP contribution in [-0.4, -0.2) is 17.1 Å². The Morgan fingerprint density at radius 3 is 2.42 bits per heavy atom. The number of nitrogens with zero attached hydrogens (tertiary/aromatic N) is 2. The van der Waals surface area contributed by atoms with Crippen LogP contribution in [0.3, 0.4) is 0 Å². The molecule has 0 aliphatic heterocycles. The minimum atomic E-state index is -2.58. The maximum Gasteiger partial charge on any atom is 0.311 e. The smallest absolute Gasteiger partial charge is 0.311 e. The molecule has 0 aromatic carbocycles. The van der Waals surface area contributed by atoms with E-state index in [-0.39, 0.29) is 5.22 Å². The predicted octanol–water partition coefficient (Wildman–Crippen LogP) is 2.21. The van der Waals surface area contributed by atoms with Gasteiger partial charge in [0.15, 0.2) is 0 Å². The molecule has 0 saturated heterocycles. The molecule has 0 fully saturated rings. The maximum absolute atomic E-state index is 11.7. The molecule has 0 spiro atoms. The highest BCUT2D eigenvalue weighted by molar-refractivity contribution is 9.55. The number of halogens is 3. The number of hydrogen-bond acceptors (Lipinski definition) is 4. The molecule has 0 saturated carbocycles. The van der Waals surface area contributed by atoms with Crippen LogP contribution in [0.5, 0.6) is 0 Å². The van der Waals surface area contributed by atoms with Gasteiger partial charge in [0.25, 0.3) is 0 Å². The zero-order valence-electron chi connectivity index (χ0n) is 5.75. The summed E-state index contributed by atoms with van der Waals surface area (Å²) in [6.07, 6.45) is 0. The van der Waals surface area contributed by atoms with E-state index in [9.17, 15) is 4.21 Å². The van der Waals surface area contributed by atoms with Crippen LogP contribution in [-0.2, 0) is 7.96 Å². The Bertz CT molecular complexity index is 402. The van der Waals surface area contributed by atoms with Crippen LogP contribution in [0.2, 0.25) is 0 Å². The second-order valence-electron chi connectivity index (χ2n) is 1.80. The second-order valence-corrected chi connectivity index (χ2v) is 9.96. The van der Waals surface area contributed by atoms with Crippen molar-refractivity contribution in [2.45, 2.75) is 12.1 Å². The van der Waals surface area contributed by atoms with Crippen LogP contribution in [0.15, 0.2) is 9.64 Å². The van der Waals surface area contributed by atoms with E-state index in [1.807, 2.05) is 0 Å². The highest BCUT2D eigenvalue weighted by atomic mass is 79.9. The number of hydrogen-bond donors (Lipinski definition) is 0. The van der Waals surface area contributed by atoms with E-state index >= 15 is 0 Å². The first-order valence-corrected chi connectivity index (χ1v) is 7.65. The topological polar surface area (TPSA) is 56.0 Å². The van der Waals surface area contributed by atoms with Crippen molar-refractivity contribution in [1.29, 1.82) is 0 Å². The van der Waals surface area contributed by atoms with Crippen LogP contribution in [0.25, 0.3) is 0 Å². The molecule has 1 atom stereocenters. The van der Waals surface area contributed by atoms with E-state index < -0.39 is 7.96 Å². The number of rotatable bonds is 1. The molecule has 1 unspecified atom stereocenters. The molecule has 1 rings (SSSR count). The van der Waals surface area contributed by atoms with Gasteiger partial charge in [0.1, 0.15) is 10.6 Å². The zero-order chi connectivity index (χ0) is 9.35. The van der Waals surface area contributed by atoms with Gasteiger partial charge in [0.2, 0.25) is 5.89 Å². The Morgan fingerprint density at radius 1 is 1.50 bits per heavy atom. The summed E-state index contributed by atoms with van der Waals surface area (Å²) in [7, 11) is -2.58. The lowest BCUT2D eigenvalue weighted by molar-refractivity contribution is 0.423. The van der Waals surface area contributed by atoms with Crippen molar-refractivity contribution in [1.82, 2.24) is 10.2 Å². The Labute approximate surface area is 93.6 Å². The molecule has 0 aliphatic carbocycles. The fourth-order valence-electron chi connectivity index (χ4n) is 0.451. The largest absolute Gasteiger partial charge is 0.414 e. The van der Waals surface area contributed by atoms with Gasteiger partial charge in [-0.25, -0.2) is 4.21 Å². The molecule has 0 N–H and O–H groups in total. The summed E-state index contributed by atoms with van der Waals surface area (Å²) in [6.45, 7) is 1.63. The maximum atomic E-state index is 11.7. The van der Waals surface area contributed by atoms with Gasteiger partial charge in [0, 0.05) is 21.7 Å². The van der Waals surface area contributed by atoms with Gasteiger partial charge in [-0.3, -0.25) is 0 Å². The molecular formula is C4H3Br3N2O2S. The lowest BCUT2D eigenvalue weighted by Gasteiger charge is -1.94. The first-order chi connectivity index (χ1) is 5.44. The van der Waals surface area contributed by atoms with E-state index in [0.29, 0.717) is 8.57 Å². The van der Waals surface area contributed by atoms with Crippen molar-refractivity contribution in [3.63, 3.8) is 0 Å². The predicted molar refractivity (Wildman–Crippen MR) is 57.2 cm³/mol. The molecule has 0 aliphatic rings. The van der Waals surface area contributed by atoms with Gasteiger partial charge in [0.05, 0.1) is 0 Å². The first-order valence-electron chi connectivity index (χ1n) is 2.66. The molecule has 1 heterocycles. The van der Waals surface area contributed by atoms with Gasteiger partial charge in [-0.15, -0.1) is 5.10 Å². The summed E-state index contributed by atoms with van der Waals surface area (Å²) in [6, 6.07) is 0. The van der Waals surface area contributed by atoms with Crippen molar-refractivity contribution in [2.75, 3.05) is 0 Å². The average molecular weight is 383 g/mol. The molecular weight excluding hydrogens is 380 g/mol. The van der Waals surface area contributed by atoms with Crippen LogP contribution < -0.4 is 0 Å². The molecule has 8 heteroatoms. The van der Waals surface area contributed by atoms with Gasteiger partial charge >= 0.3 is 5.22 Å². The minimum absolute atomic E-state index is 0.0451. The highest BCUT2D eigenvalue weighted by Crippen LogP contribution is 2.22. The zero-order valence-corrected chi connectivity index (χ0v) is 11.3. The Balaban J connectivity index is 3.35. The van der Waals surface area contributed by atoms with Crippen LogP contribution in [0.1, 0.15) is 5.89 Å². The summed E-state index contributed by atoms with van der Waals surface area (Å²) in [5.41, 5.74) is 0. The van der Waals surface area contributed by atoms with E-state index in [0.717, 1.165) is 0 Å². The third-order valence-electron chi connectivity index (χ3n) is 0.931. The van der Waals surface area contributed by atoms with Crippen molar-refractivity contribution in [3.8, 4) is 0 Å². The third-order valence-corrected chi connectivity index (χ3v) is 9.09. The Kier molecular flexibility index (Phi) is 3.35. The fourth-order valence-corrected chi connectivity index (χ4v) is 2.18. The average Bonchev–Trinajstić information content (AvgIpc) is 2.35. The molecule has 1 aromatic rings. The molecule has 1 aromatic heterocycles. The molecule has 0 radical (unpaired) electrons. The summed E-state index contributed by atoms with van der Waals surface area (Å²) in [5.74, 6) is 0.374. The van der Waals surface area contributed by atoms with Gasteiger partial charge < -0.3 is 4.42 Å². The molecule has 0 amide bonds. The lowest BCUT2D eigenvalue weighted by atomic mass is 10.8. The monoisotopic (exact) mass is 380 g/mol. The van der Waals surface area contributed by atoms with Crippen LogP contribution >= 0.6 is 46.7 Å². The standard InChI is InChI=1S/C4H3Br3N2O2S/c1-2-8-9-4(11-2)12(7,10)3(5)6/h1H3. The molecule has 12 heavy (non-hydrogen) atoms. The summed E-state index contributed by atoms with van der Waals surface area (Å²) < 4.78 is 17.0.